The third-order valence-corrected chi connectivity index (χ3v) is 7.42. The van der Waals surface area contributed by atoms with E-state index in [1.165, 1.54) is 0 Å². The number of rotatable bonds is 5. The Morgan fingerprint density at radius 2 is 2.05 bits per heavy atom. The summed E-state index contributed by atoms with van der Waals surface area (Å²) < 4.78 is 12.1. The highest BCUT2D eigenvalue weighted by Crippen LogP contribution is 2.47. The Kier molecular flexibility index (Phi) is 5.09. The second kappa shape index (κ2) is 6.42. The van der Waals surface area contributed by atoms with Gasteiger partial charge >= 0.3 is 0 Å². The second-order valence-electron chi connectivity index (χ2n) is 5.36. The maximum Gasteiger partial charge on any atom is 0.0939 e. The van der Waals surface area contributed by atoms with Gasteiger partial charge in [-0.05, 0) is 18.4 Å². The van der Waals surface area contributed by atoms with Crippen molar-refractivity contribution in [2.75, 3.05) is 5.75 Å². The first-order valence-corrected chi connectivity index (χ1v) is 9.03. The molecule has 106 valence electrons. The largest absolute Gasteiger partial charge is 0.388 e. The molecule has 0 saturated carbocycles. The quantitative estimate of drug-likeness (QED) is 0.904. The van der Waals surface area contributed by atoms with E-state index in [-0.39, 0.29) is 4.08 Å². The van der Waals surface area contributed by atoms with E-state index in [9.17, 15) is 9.32 Å². The molecule has 0 aliphatic carbocycles. The standard InChI is InChI=1S/C15H22O2S2/c1-12(2)18-15(9-6-10-19(15)17)11-14(16)13-7-4-3-5-8-13/h3-5,7-8,12,14,16H,6,9-11H2,1-2H3/t14-,15+,19+/m0/s1. The molecule has 19 heavy (non-hydrogen) atoms. The van der Waals surface area contributed by atoms with Crippen LogP contribution < -0.4 is 0 Å². The molecule has 1 N–H and O–H groups in total. The number of aliphatic hydroxyl groups excluding tert-OH is 1. The highest BCUT2D eigenvalue weighted by Gasteiger charge is 2.43. The van der Waals surface area contributed by atoms with E-state index in [0.29, 0.717) is 11.7 Å². The van der Waals surface area contributed by atoms with Crippen LogP contribution in [0.4, 0.5) is 0 Å². The summed E-state index contributed by atoms with van der Waals surface area (Å²) in [7, 11) is -0.831. The molecule has 1 fully saturated rings. The monoisotopic (exact) mass is 298 g/mol. The van der Waals surface area contributed by atoms with Crippen LogP contribution in [0.3, 0.4) is 0 Å². The summed E-state index contributed by atoms with van der Waals surface area (Å²) in [5.41, 5.74) is 0.926. The molecule has 1 aromatic carbocycles. The molecule has 0 radical (unpaired) electrons. The van der Waals surface area contributed by atoms with Crippen molar-refractivity contribution in [3.8, 4) is 0 Å². The van der Waals surface area contributed by atoms with Gasteiger partial charge in [0.15, 0.2) is 0 Å². The summed E-state index contributed by atoms with van der Waals surface area (Å²) in [6, 6.07) is 9.70. The van der Waals surface area contributed by atoms with Crippen molar-refractivity contribution in [2.24, 2.45) is 0 Å². The van der Waals surface area contributed by atoms with Gasteiger partial charge in [-0.2, -0.15) is 0 Å². The van der Waals surface area contributed by atoms with Gasteiger partial charge in [0, 0.05) is 28.2 Å². The molecular formula is C15H22O2S2. The van der Waals surface area contributed by atoms with E-state index in [1.807, 2.05) is 30.3 Å². The Balaban J connectivity index is 2.15. The number of aliphatic hydroxyl groups is 1. The van der Waals surface area contributed by atoms with Crippen molar-refractivity contribution in [1.29, 1.82) is 0 Å². The van der Waals surface area contributed by atoms with Gasteiger partial charge in [-0.1, -0.05) is 44.2 Å². The van der Waals surface area contributed by atoms with Crippen molar-refractivity contribution in [1.82, 2.24) is 0 Å². The molecule has 0 aromatic heterocycles. The fourth-order valence-electron chi connectivity index (χ4n) is 2.65. The lowest BCUT2D eigenvalue weighted by Crippen LogP contribution is -2.30. The molecule has 1 aliphatic heterocycles. The molecule has 0 amide bonds. The van der Waals surface area contributed by atoms with Crippen molar-refractivity contribution in [3.05, 3.63) is 35.9 Å². The minimum absolute atomic E-state index is 0.260. The summed E-state index contributed by atoms with van der Waals surface area (Å²) in [4.78, 5) is 0. The summed E-state index contributed by atoms with van der Waals surface area (Å²) in [5, 5.41) is 10.9. The summed E-state index contributed by atoms with van der Waals surface area (Å²) >= 11 is 1.78. The van der Waals surface area contributed by atoms with E-state index in [2.05, 4.69) is 13.8 Å². The number of benzene rings is 1. The Bertz CT molecular complexity index is 433. The predicted octanol–water partition coefficient (Wildman–Crippen LogP) is 3.49. The van der Waals surface area contributed by atoms with Crippen LogP contribution >= 0.6 is 11.8 Å². The van der Waals surface area contributed by atoms with E-state index in [4.69, 9.17) is 0 Å². The van der Waals surface area contributed by atoms with Crippen LogP contribution in [0.5, 0.6) is 0 Å². The van der Waals surface area contributed by atoms with Crippen LogP contribution in [0.1, 0.15) is 44.8 Å². The molecular weight excluding hydrogens is 276 g/mol. The Morgan fingerprint density at radius 1 is 1.37 bits per heavy atom. The fraction of sp³-hybridized carbons (Fsp3) is 0.600. The molecule has 1 aliphatic rings. The topological polar surface area (TPSA) is 37.3 Å². The lowest BCUT2D eigenvalue weighted by molar-refractivity contribution is 0.162. The van der Waals surface area contributed by atoms with E-state index >= 15 is 0 Å². The lowest BCUT2D eigenvalue weighted by atomic mass is 10.0. The first-order chi connectivity index (χ1) is 9.03. The van der Waals surface area contributed by atoms with Crippen LogP contribution in [0.15, 0.2) is 30.3 Å². The van der Waals surface area contributed by atoms with E-state index in [0.717, 1.165) is 24.2 Å². The Hall–Kier alpha value is -0.320. The number of hydrogen-bond acceptors (Lipinski definition) is 3. The first-order valence-electron chi connectivity index (χ1n) is 6.83. The minimum atomic E-state index is -0.831. The Labute approximate surface area is 122 Å². The van der Waals surface area contributed by atoms with Crippen LogP contribution in [0.2, 0.25) is 0 Å². The average Bonchev–Trinajstić information content (AvgIpc) is 2.71. The SMILES string of the molecule is CC(C)S[C@]1(C[C@H](O)c2ccccc2)CCC[S@]1=O. The maximum atomic E-state index is 12.4. The van der Waals surface area contributed by atoms with Gasteiger partial charge in [-0.25, -0.2) is 0 Å². The van der Waals surface area contributed by atoms with E-state index in [1.54, 1.807) is 11.8 Å². The number of thioether (sulfide) groups is 1. The zero-order chi connectivity index (χ0) is 13.9. The normalized spacial score (nSPS) is 28.7. The van der Waals surface area contributed by atoms with Gasteiger partial charge in [-0.3, -0.25) is 4.21 Å². The number of hydrogen-bond donors (Lipinski definition) is 1. The molecule has 0 spiro atoms. The van der Waals surface area contributed by atoms with Gasteiger partial charge in [0.25, 0.3) is 0 Å². The molecule has 2 nitrogen and oxygen atoms in total. The minimum Gasteiger partial charge on any atom is -0.388 e. The molecule has 1 aromatic rings. The molecule has 1 saturated heterocycles. The predicted molar refractivity (Wildman–Crippen MR) is 83.7 cm³/mol. The average molecular weight is 298 g/mol. The fourth-order valence-corrected chi connectivity index (χ4v) is 6.77. The van der Waals surface area contributed by atoms with Gasteiger partial charge in [0.05, 0.1) is 10.2 Å². The third kappa shape index (κ3) is 3.61. The van der Waals surface area contributed by atoms with Gasteiger partial charge in [-0.15, -0.1) is 11.8 Å². The first kappa shape index (κ1) is 15.1. The van der Waals surface area contributed by atoms with Gasteiger partial charge < -0.3 is 5.11 Å². The zero-order valence-corrected chi connectivity index (χ0v) is 13.2. The lowest BCUT2D eigenvalue weighted by Gasteiger charge is -2.31. The van der Waals surface area contributed by atoms with Crippen molar-refractivity contribution < 1.29 is 9.32 Å². The van der Waals surface area contributed by atoms with Crippen LogP contribution in [0.25, 0.3) is 0 Å². The van der Waals surface area contributed by atoms with Crippen LogP contribution in [-0.4, -0.2) is 24.4 Å². The van der Waals surface area contributed by atoms with Gasteiger partial charge in [0.2, 0.25) is 0 Å². The van der Waals surface area contributed by atoms with Crippen LogP contribution in [0, 0.1) is 0 Å². The maximum absolute atomic E-state index is 12.4. The molecule has 0 unspecified atom stereocenters. The molecule has 1 heterocycles. The van der Waals surface area contributed by atoms with Crippen molar-refractivity contribution in [2.45, 2.75) is 48.5 Å². The summed E-state index contributed by atoms with van der Waals surface area (Å²) in [6.07, 6.45) is 2.03. The van der Waals surface area contributed by atoms with Crippen molar-refractivity contribution >= 4 is 22.6 Å². The van der Waals surface area contributed by atoms with Gasteiger partial charge in [0.1, 0.15) is 0 Å². The van der Waals surface area contributed by atoms with E-state index < -0.39 is 16.9 Å². The Morgan fingerprint density at radius 3 is 2.58 bits per heavy atom. The second-order valence-corrected chi connectivity index (χ2v) is 9.46. The highest BCUT2D eigenvalue weighted by molar-refractivity contribution is 8.13. The third-order valence-electron chi connectivity index (χ3n) is 3.44. The zero-order valence-electron chi connectivity index (χ0n) is 11.5. The smallest absolute Gasteiger partial charge is 0.0939 e. The molecule has 3 atom stereocenters. The molecule has 2 rings (SSSR count). The van der Waals surface area contributed by atoms with Crippen LogP contribution in [-0.2, 0) is 10.8 Å². The summed E-state index contributed by atoms with van der Waals surface area (Å²) in [5.74, 6) is 0.779. The highest BCUT2D eigenvalue weighted by atomic mass is 32.2. The molecule has 0 bridgehead atoms. The summed E-state index contributed by atoms with van der Waals surface area (Å²) in [6.45, 7) is 4.27. The van der Waals surface area contributed by atoms with Crippen molar-refractivity contribution in [3.63, 3.8) is 0 Å². The molecule has 4 heteroatoms.